The van der Waals surface area contributed by atoms with Crippen LogP contribution in [0.15, 0.2) is 35.5 Å². The molecule has 0 spiro atoms. The van der Waals surface area contributed by atoms with E-state index >= 15 is 0 Å². The monoisotopic (exact) mass is 393 g/mol. The van der Waals surface area contributed by atoms with E-state index in [1.807, 2.05) is 26.0 Å². The molecule has 0 radical (unpaired) electrons. The van der Waals surface area contributed by atoms with Gasteiger partial charge in [0, 0.05) is 19.0 Å². The Labute approximate surface area is 169 Å². The van der Waals surface area contributed by atoms with E-state index in [0.29, 0.717) is 17.6 Å². The Bertz CT molecular complexity index is 1070. The molecule has 4 rings (SSSR count). The van der Waals surface area contributed by atoms with Crippen molar-refractivity contribution in [1.29, 1.82) is 0 Å². The maximum absolute atomic E-state index is 12.8. The molecule has 2 heterocycles. The molecule has 7 nitrogen and oxygen atoms in total. The molecule has 0 atom stereocenters. The summed E-state index contributed by atoms with van der Waals surface area (Å²) in [7, 11) is 0. The third-order valence-corrected chi connectivity index (χ3v) is 5.56. The minimum Gasteiger partial charge on any atom is -0.353 e. The van der Waals surface area contributed by atoms with Crippen molar-refractivity contribution in [3.05, 3.63) is 52.2 Å². The second kappa shape index (κ2) is 8.19. The summed E-state index contributed by atoms with van der Waals surface area (Å²) in [5.74, 6) is -0.00479. The Balaban J connectivity index is 1.51. The quantitative estimate of drug-likeness (QED) is 0.722. The van der Waals surface area contributed by atoms with E-state index in [1.165, 1.54) is 30.2 Å². The molecule has 29 heavy (non-hydrogen) atoms. The van der Waals surface area contributed by atoms with Crippen molar-refractivity contribution < 1.29 is 4.79 Å². The molecule has 1 aromatic carbocycles. The largest absolute Gasteiger partial charge is 0.353 e. The van der Waals surface area contributed by atoms with Gasteiger partial charge in [-0.15, -0.1) is 0 Å². The fourth-order valence-corrected chi connectivity index (χ4v) is 4.14. The second-order valence-electron chi connectivity index (χ2n) is 8.04. The minimum absolute atomic E-state index is 0.00479. The molecule has 3 aromatic rings. The summed E-state index contributed by atoms with van der Waals surface area (Å²) in [6.45, 7) is 4.37. The zero-order valence-corrected chi connectivity index (χ0v) is 17.0. The van der Waals surface area contributed by atoms with Gasteiger partial charge in [-0.3, -0.25) is 14.2 Å². The number of fused-ring (bicyclic) bond motifs is 1. The molecule has 1 aliphatic carbocycles. The first-order chi connectivity index (χ1) is 14.0. The lowest BCUT2D eigenvalue weighted by Crippen LogP contribution is -2.37. The first kappa shape index (κ1) is 19.4. The molecule has 1 amide bonds. The highest BCUT2D eigenvalue weighted by Gasteiger charge is 2.16. The molecule has 1 saturated carbocycles. The van der Waals surface area contributed by atoms with Gasteiger partial charge in [0.2, 0.25) is 5.91 Å². The number of hydrogen-bond donors (Lipinski definition) is 1. The van der Waals surface area contributed by atoms with Crippen LogP contribution in [0.3, 0.4) is 0 Å². The number of aromatic nitrogens is 4. The number of rotatable bonds is 5. The summed E-state index contributed by atoms with van der Waals surface area (Å²) >= 11 is 0. The number of carbonyl (C=O) groups excluding carboxylic acids is 1. The average Bonchev–Trinajstić information content (AvgIpc) is 3.12. The fraction of sp³-hybridized carbons (Fsp3) is 0.455. The lowest BCUT2D eigenvalue weighted by Gasteiger charge is -2.22. The zero-order valence-electron chi connectivity index (χ0n) is 17.0. The Morgan fingerprint density at radius 1 is 1.14 bits per heavy atom. The van der Waals surface area contributed by atoms with Crippen LogP contribution in [0.5, 0.6) is 0 Å². The summed E-state index contributed by atoms with van der Waals surface area (Å²) in [5.41, 5.74) is 3.50. The minimum atomic E-state index is -0.170. The number of nitrogens with zero attached hydrogens (tertiary/aromatic N) is 4. The van der Waals surface area contributed by atoms with Crippen LogP contribution in [0.25, 0.3) is 16.7 Å². The first-order valence-electron chi connectivity index (χ1n) is 10.3. The molecule has 152 valence electrons. The number of nitrogens with one attached hydrogen (secondary N) is 1. The smallest absolute Gasteiger partial charge is 0.264 e. The highest BCUT2D eigenvalue weighted by atomic mass is 16.2. The standard InChI is InChI=1S/C22H27N5O2/c1-15-10-16(2)12-18(11-15)27-21-19(13-24-27)22(29)26(14-23-21)9-8-20(28)25-17-6-4-3-5-7-17/h10-14,17H,3-9H2,1-2H3,(H,25,28). The van der Waals surface area contributed by atoms with Crippen LogP contribution in [0, 0.1) is 13.8 Å². The maximum atomic E-state index is 12.8. The lowest BCUT2D eigenvalue weighted by atomic mass is 9.95. The maximum Gasteiger partial charge on any atom is 0.264 e. The van der Waals surface area contributed by atoms with Gasteiger partial charge < -0.3 is 5.32 Å². The van der Waals surface area contributed by atoms with Crippen molar-refractivity contribution in [3.63, 3.8) is 0 Å². The highest BCUT2D eigenvalue weighted by molar-refractivity contribution is 5.77. The van der Waals surface area contributed by atoms with Crippen LogP contribution >= 0.6 is 0 Å². The van der Waals surface area contributed by atoms with Gasteiger partial charge in [-0.2, -0.15) is 5.10 Å². The molecule has 1 N–H and O–H groups in total. The number of benzene rings is 1. The average molecular weight is 393 g/mol. The summed E-state index contributed by atoms with van der Waals surface area (Å²) in [4.78, 5) is 29.6. The van der Waals surface area contributed by atoms with Crippen LogP contribution in [0.2, 0.25) is 0 Å². The third kappa shape index (κ3) is 4.23. The topological polar surface area (TPSA) is 81.8 Å². The van der Waals surface area contributed by atoms with Crippen molar-refractivity contribution in [3.8, 4) is 5.69 Å². The first-order valence-corrected chi connectivity index (χ1v) is 10.3. The number of aryl methyl sites for hydroxylation is 3. The van der Waals surface area contributed by atoms with Crippen LogP contribution in [0.4, 0.5) is 0 Å². The van der Waals surface area contributed by atoms with Crippen molar-refractivity contribution in [2.75, 3.05) is 0 Å². The van der Waals surface area contributed by atoms with E-state index in [1.54, 1.807) is 10.9 Å². The zero-order chi connectivity index (χ0) is 20.4. The van der Waals surface area contributed by atoms with Gasteiger partial charge in [0.25, 0.3) is 5.56 Å². The molecule has 2 aromatic heterocycles. The molecular weight excluding hydrogens is 366 g/mol. The molecular formula is C22H27N5O2. The van der Waals surface area contributed by atoms with Gasteiger partial charge in [-0.05, 0) is 49.9 Å². The van der Waals surface area contributed by atoms with Gasteiger partial charge >= 0.3 is 0 Å². The van der Waals surface area contributed by atoms with E-state index in [4.69, 9.17) is 0 Å². The Kier molecular flexibility index (Phi) is 5.47. The fourth-order valence-electron chi connectivity index (χ4n) is 4.14. The molecule has 0 bridgehead atoms. The van der Waals surface area contributed by atoms with Gasteiger partial charge in [0.05, 0.1) is 18.2 Å². The van der Waals surface area contributed by atoms with Crippen LogP contribution < -0.4 is 10.9 Å². The van der Waals surface area contributed by atoms with Gasteiger partial charge in [0.15, 0.2) is 5.65 Å². The SMILES string of the molecule is Cc1cc(C)cc(-n2ncc3c(=O)n(CCC(=O)NC4CCCCC4)cnc32)c1. The summed E-state index contributed by atoms with van der Waals surface area (Å²) in [6.07, 6.45) is 9.05. The predicted molar refractivity (Wildman–Crippen MR) is 112 cm³/mol. The van der Waals surface area contributed by atoms with Crippen molar-refractivity contribution in [1.82, 2.24) is 24.6 Å². The molecule has 0 aliphatic heterocycles. The van der Waals surface area contributed by atoms with Crippen LogP contribution in [-0.4, -0.2) is 31.3 Å². The second-order valence-corrected chi connectivity index (χ2v) is 8.04. The van der Waals surface area contributed by atoms with Crippen LogP contribution in [0.1, 0.15) is 49.7 Å². The number of hydrogen-bond acceptors (Lipinski definition) is 4. The summed E-state index contributed by atoms with van der Waals surface area (Å²) in [5, 5.41) is 7.93. The third-order valence-electron chi connectivity index (χ3n) is 5.56. The lowest BCUT2D eigenvalue weighted by molar-refractivity contribution is -0.122. The summed E-state index contributed by atoms with van der Waals surface area (Å²) in [6, 6.07) is 6.41. The van der Waals surface area contributed by atoms with Crippen LogP contribution in [-0.2, 0) is 11.3 Å². The van der Waals surface area contributed by atoms with E-state index < -0.39 is 0 Å². The van der Waals surface area contributed by atoms with Crippen molar-refractivity contribution in [2.45, 2.75) is 65.0 Å². The van der Waals surface area contributed by atoms with E-state index in [9.17, 15) is 9.59 Å². The van der Waals surface area contributed by atoms with Crippen molar-refractivity contribution >= 4 is 16.9 Å². The Morgan fingerprint density at radius 3 is 2.59 bits per heavy atom. The molecule has 1 fully saturated rings. The Hall–Kier alpha value is -2.96. The van der Waals surface area contributed by atoms with Gasteiger partial charge in [-0.25, -0.2) is 9.67 Å². The molecule has 1 aliphatic rings. The van der Waals surface area contributed by atoms with E-state index in [-0.39, 0.29) is 23.9 Å². The van der Waals surface area contributed by atoms with Gasteiger partial charge in [0.1, 0.15) is 5.39 Å². The molecule has 0 saturated heterocycles. The Morgan fingerprint density at radius 2 is 1.86 bits per heavy atom. The normalized spacial score (nSPS) is 15.0. The van der Waals surface area contributed by atoms with E-state index in [0.717, 1.165) is 29.7 Å². The number of carbonyl (C=O) groups is 1. The molecule has 7 heteroatoms. The van der Waals surface area contributed by atoms with E-state index in [2.05, 4.69) is 21.5 Å². The van der Waals surface area contributed by atoms with Crippen molar-refractivity contribution in [2.24, 2.45) is 0 Å². The van der Waals surface area contributed by atoms with Gasteiger partial charge in [-0.1, -0.05) is 25.3 Å². The number of amides is 1. The highest BCUT2D eigenvalue weighted by Crippen LogP contribution is 2.18. The predicted octanol–water partition coefficient (Wildman–Crippen LogP) is 3.04. The molecule has 0 unspecified atom stereocenters. The summed E-state index contributed by atoms with van der Waals surface area (Å²) < 4.78 is 3.19.